The summed E-state index contributed by atoms with van der Waals surface area (Å²) >= 11 is 0. The Morgan fingerprint density at radius 1 is 1.16 bits per heavy atom. The van der Waals surface area contributed by atoms with E-state index >= 15 is 0 Å². The number of aliphatic imine (C=N–C) groups is 1. The van der Waals surface area contributed by atoms with E-state index in [-0.39, 0.29) is 35.8 Å². The number of carbonyl (C=O) groups excluding carboxylic acids is 2. The lowest BCUT2D eigenvalue weighted by molar-refractivity contribution is -0.122. The molecule has 0 unspecified atom stereocenters. The van der Waals surface area contributed by atoms with Gasteiger partial charge in [0.1, 0.15) is 0 Å². The molecule has 31 heavy (non-hydrogen) atoms. The van der Waals surface area contributed by atoms with Gasteiger partial charge in [0.25, 0.3) is 5.91 Å². The summed E-state index contributed by atoms with van der Waals surface area (Å²) in [5.41, 5.74) is 1.77. The molecule has 1 aliphatic carbocycles. The topological polar surface area (TPSA) is 89.1 Å². The second-order valence-electron chi connectivity index (χ2n) is 7.87. The predicted octanol–water partition coefficient (Wildman–Crippen LogP) is 1.07. The van der Waals surface area contributed by atoms with E-state index in [1.165, 1.54) is 0 Å². The zero-order valence-electron chi connectivity index (χ0n) is 18.5. The van der Waals surface area contributed by atoms with Crippen molar-refractivity contribution >= 4 is 41.8 Å². The van der Waals surface area contributed by atoms with Crippen LogP contribution in [0.15, 0.2) is 29.3 Å². The Balaban J connectivity index is 0.00000341. The summed E-state index contributed by atoms with van der Waals surface area (Å²) in [4.78, 5) is 33.1. The van der Waals surface area contributed by atoms with Crippen LogP contribution >= 0.6 is 24.0 Å². The molecule has 1 aliphatic heterocycles. The molecule has 0 spiro atoms. The van der Waals surface area contributed by atoms with Crippen molar-refractivity contribution < 1.29 is 9.59 Å². The minimum absolute atomic E-state index is 0. The van der Waals surface area contributed by atoms with Crippen molar-refractivity contribution in [3.8, 4) is 0 Å². The van der Waals surface area contributed by atoms with Gasteiger partial charge < -0.3 is 20.9 Å². The highest BCUT2D eigenvalue weighted by Gasteiger charge is 2.25. The van der Waals surface area contributed by atoms with Crippen molar-refractivity contribution in [2.45, 2.75) is 32.2 Å². The number of guanidine groups is 1. The maximum Gasteiger partial charge on any atom is 0.251 e. The van der Waals surface area contributed by atoms with Crippen molar-refractivity contribution in [2.24, 2.45) is 4.99 Å². The first-order valence-corrected chi connectivity index (χ1v) is 10.9. The molecule has 2 amide bonds. The highest BCUT2D eigenvalue weighted by Crippen LogP contribution is 2.18. The van der Waals surface area contributed by atoms with E-state index in [1.54, 1.807) is 7.05 Å². The fraction of sp³-hybridized carbons (Fsp3) is 0.591. The van der Waals surface area contributed by atoms with Gasteiger partial charge in [0.05, 0.1) is 6.54 Å². The highest BCUT2D eigenvalue weighted by molar-refractivity contribution is 14.0. The van der Waals surface area contributed by atoms with Crippen LogP contribution in [0.4, 0.5) is 0 Å². The molecule has 3 N–H and O–H groups in total. The number of rotatable bonds is 8. The molecule has 0 atom stereocenters. The lowest BCUT2D eigenvalue weighted by Crippen LogP contribution is -2.54. The summed E-state index contributed by atoms with van der Waals surface area (Å²) in [5, 5.41) is 9.10. The van der Waals surface area contributed by atoms with Crippen LogP contribution in [0.2, 0.25) is 0 Å². The van der Waals surface area contributed by atoms with Gasteiger partial charge in [0.2, 0.25) is 5.91 Å². The third-order valence-corrected chi connectivity index (χ3v) is 5.39. The molecular weight excluding hydrogens is 507 g/mol. The van der Waals surface area contributed by atoms with Crippen molar-refractivity contribution in [3.63, 3.8) is 0 Å². The molecular formula is C22H35IN6O2. The van der Waals surface area contributed by atoms with Crippen LogP contribution in [-0.2, 0) is 11.2 Å². The third kappa shape index (κ3) is 8.29. The fourth-order valence-electron chi connectivity index (χ4n) is 3.55. The van der Waals surface area contributed by atoms with Crippen LogP contribution in [-0.4, -0.2) is 86.5 Å². The zero-order chi connectivity index (χ0) is 21.3. The number of piperazine rings is 1. The van der Waals surface area contributed by atoms with Crippen LogP contribution in [0, 0.1) is 0 Å². The second kappa shape index (κ2) is 12.8. The summed E-state index contributed by atoms with van der Waals surface area (Å²) in [5.74, 6) is 0.991. The first kappa shape index (κ1) is 25.4. The van der Waals surface area contributed by atoms with Gasteiger partial charge in [-0.05, 0) is 43.9 Å². The standard InChI is InChI=1S/C22H34N6O2.HI/c1-3-24-22(25-10-9-17-5-4-6-18(15-17)21(30)23-2)28-13-11-27(12-14-28)16-20(29)26-19-7-8-19;/h4-6,15,19H,3,7-14,16H2,1-2H3,(H,23,30)(H,24,25)(H,26,29);1H. The lowest BCUT2D eigenvalue weighted by atomic mass is 10.1. The molecule has 0 aromatic heterocycles. The normalized spacial score (nSPS) is 17.0. The molecule has 0 bridgehead atoms. The van der Waals surface area contributed by atoms with Crippen molar-refractivity contribution in [3.05, 3.63) is 35.4 Å². The Hall–Kier alpha value is -1.88. The van der Waals surface area contributed by atoms with Crippen LogP contribution in [0.1, 0.15) is 35.7 Å². The van der Waals surface area contributed by atoms with E-state index in [9.17, 15) is 9.59 Å². The Morgan fingerprint density at radius 3 is 2.55 bits per heavy atom. The molecule has 1 aromatic carbocycles. The molecule has 172 valence electrons. The first-order chi connectivity index (χ1) is 14.6. The zero-order valence-corrected chi connectivity index (χ0v) is 20.9. The average Bonchev–Trinajstić information content (AvgIpc) is 3.57. The van der Waals surface area contributed by atoms with E-state index in [4.69, 9.17) is 4.99 Å². The first-order valence-electron chi connectivity index (χ1n) is 10.9. The van der Waals surface area contributed by atoms with E-state index in [2.05, 4.69) is 32.7 Å². The van der Waals surface area contributed by atoms with Crippen LogP contribution in [0.5, 0.6) is 0 Å². The van der Waals surface area contributed by atoms with E-state index in [0.717, 1.165) is 63.5 Å². The Morgan fingerprint density at radius 2 is 1.90 bits per heavy atom. The smallest absolute Gasteiger partial charge is 0.251 e. The van der Waals surface area contributed by atoms with Gasteiger partial charge >= 0.3 is 0 Å². The maximum atomic E-state index is 12.0. The highest BCUT2D eigenvalue weighted by atomic mass is 127. The number of hydrogen-bond donors (Lipinski definition) is 3. The number of nitrogens with zero attached hydrogens (tertiary/aromatic N) is 3. The monoisotopic (exact) mass is 542 g/mol. The van der Waals surface area contributed by atoms with Crippen molar-refractivity contribution in [2.75, 3.05) is 52.9 Å². The molecule has 9 heteroatoms. The van der Waals surface area contributed by atoms with E-state index in [0.29, 0.717) is 24.7 Å². The van der Waals surface area contributed by atoms with Gasteiger partial charge in [0, 0.05) is 57.9 Å². The molecule has 0 radical (unpaired) electrons. The summed E-state index contributed by atoms with van der Waals surface area (Å²) < 4.78 is 0. The number of hydrogen-bond acceptors (Lipinski definition) is 4. The van der Waals surface area contributed by atoms with Crippen molar-refractivity contribution in [1.29, 1.82) is 0 Å². The molecule has 3 rings (SSSR count). The van der Waals surface area contributed by atoms with Gasteiger partial charge in [-0.15, -0.1) is 24.0 Å². The van der Waals surface area contributed by atoms with Crippen LogP contribution in [0.3, 0.4) is 0 Å². The molecule has 1 saturated heterocycles. The number of halogens is 1. The molecule has 1 saturated carbocycles. The quantitative estimate of drug-likeness (QED) is 0.260. The minimum atomic E-state index is -0.0719. The van der Waals surface area contributed by atoms with Gasteiger partial charge in [-0.1, -0.05) is 12.1 Å². The van der Waals surface area contributed by atoms with Gasteiger partial charge in [-0.25, -0.2) is 0 Å². The summed E-state index contributed by atoms with van der Waals surface area (Å²) in [7, 11) is 1.64. The number of benzene rings is 1. The second-order valence-corrected chi connectivity index (χ2v) is 7.87. The Labute approximate surface area is 202 Å². The average molecular weight is 542 g/mol. The largest absolute Gasteiger partial charge is 0.357 e. The van der Waals surface area contributed by atoms with Gasteiger partial charge in [-0.2, -0.15) is 0 Å². The summed E-state index contributed by atoms with van der Waals surface area (Å²) in [6, 6.07) is 8.10. The Kier molecular flexibility index (Phi) is 10.5. The molecule has 1 aromatic rings. The summed E-state index contributed by atoms with van der Waals surface area (Å²) in [6.07, 6.45) is 3.03. The van der Waals surface area contributed by atoms with E-state index in [1.807, 2.05) is 24.3 Å². The Bertz CT molecular complexity index is 760. The van der Waals surface area contributed by atoms with E-state index < -0.39 is 0 Å². The predicted molar refractivity (Wildman–Crippen MR) is 134 cm³/mol. The summed E-state index contributed by atoms with van der Waals surface area (Å²) in [6.45, 7) is 7.45. The van der Waals surface area contributed by atoms with Gasteiger partial charge in [0.15, 0.2) is 5.96 Å². The molecule has 8 nitrogen and oxygen atoms in total. The third-order valence-electron chi connectivity index (χ3n) is 5.39. The fourth-order valence-corrected chi connectivity index (χ4v) is 3.55. The van der Waals surface area contributed by atoms with Crippen LogP contribution in [0.25, 0.3) is 0 Å². The SMILES string of the molecule is CCNC(=NCCc1cccc(C(=O)NC)c1)N1CCN(CC(=O)NC2CC2)CC1.I. The molecule has 2 fully saturated rings. The van der Waals surface area contributed by atoms with Crippen LogP contribution < -0.4 is 16.0 Å². The molecule has 2 aliphatic rings. The minimum Gasteiger partial charge on any atom is -0.357 e. The number of nitrogens with one attached hydrogen (secondary N) is 3. The van der Waals surface area contributed by atoms with Gasteiger partial charge in [-0.3, -0.25) is 19.5 Å². The van der Waals surface area contributed by atoms with Crippen molar-refractivity contribution in [1.82, 2.24) is 25.8 Å². The maximum absolute atomic E-state index is 12.0. The molecule has 1 heterocycles. The lowest BCUT2D eigenvalue weighted by Gasteiger charge is -2.36. The number of carbonyl (C=O) groups is 2. The number of amides is 2.